The van der Waals surface area contributed by atoms with Crippen molar-refractivity contribution in [3.63, 3.8) is 0 Å². The molecule has 1 unspecified atom stereocenters. The number of rotatable bonds is 3. The third-order valence-electron chi connectivity index (χ3n) is 3.33. The van der Waals surface area contributed by atoms with Gasteiger partial charge < -0.3 is 10.3 Å². The van der Waals surface area contributed by atoms with E-state index in [-0.39, 0.29) is 6.04 Å². The molecule has 0 saturated heterocycles. The normalized spacial score (nSPS) is 12.3. The van der Waals surface area contributed by atoms with Crippen molar-refractivity contribution < 1.29 is 0 Å². The molecule has 2 aromatic carbocycles. The van der Waals surface area contributed by atoms with Gasteiger partial charge in [-0.05, 0) is 39.7 Å². The van der Waals surface area contributed by atoms with Gasteiger partial charge in [0.05, 0.1) is 29.3 Å². The highest BCUT2D eigenvalue weighted by molar-refractivity contribution is 9.10. The maximum atomic E-state index is 6.37. The molecule has 0 amide bonds. The Morgan fingerprint density at radius 3 is 2.62 bits per heavy atom. The molecule has 3 nitrogen and oxygen atoms in total. The highest BCUT2D eigenvalue weighted by atomic mass is 79.9. The van der Waals surface area contributed by atoms with E-state index in [1.807, 2.05) is 53.1 Å². The maximum Gasteiger partial charge on any atom is 0.0994 e. The van der Waals surface area contributed by atoms with Crippen molar-refractivity contribution in [2.75, 3.05) is 0 Å². The molecule has 0 aliphatic carbocycles. The van der Waals surface area contributed by atoms with E-state index < -0.39 is 0 Å². The predicted octanol–water partition coefficient (Wildman–Crippen LogP) is 4.34. The first kappa shape index (κ1) is 14.3. The molecule has 1 atom stereocenters. The molecule has 3 aromatic rings. The summed E-state index contributed by atoms with van der Waals surface area (Å²) in [5.74, 6) is 0. The van der Waals surface area contributed by atoms with Crippen LogP contribution in [0.25, 0.3) is 5.69 Å². The van der Waals surface area contributed by atoms with Crippen LogP contribution in [0.15, 0.2) is 65.5 Å². The van der Waals surface area contributed by atoms with Gasteiger partial charge in [0.1, 0.15) is 0 Å². The minimum absolute atomic E-state index is 0.233. The van der Waals surface area contributed by atoms with Gasteiger partial charge in [0.25, 0.3) is 0 Å². The molecule has 0 saturated carbocycles. The van der Waals surface area contributed by atoms with Crippen molar-refractivity contribution in [3.8, 4) is 5.69 Å². The lowest BCUT2D eigenvalue weighted by Crippen LogP contribution is -2.15. The van der Waals surface area contributed by atoms with E-state index in [9.17, 15) is 0 Å². The predicted molar refractivity (Wildman–Crippen MR) is 88.7 cm³/mol. The summed E-state index contributed by atoms with van der Waals surface area (Å²) in [5.41, 5.74) is 9.31. The molecule has 0 bridgehead atoms. The molecule has 106 valence electrons. The van der Waals surface area contributed by atoms with Crippen molar-refractivity contribution in [1.82, 2.24) is 9.55 Å². The molecule has 2 N–H and O–H groups in total. The van der Waals surface area contributed by atoms with E-state index >= 15 is 0 Å². The van der Waals surface area contributed by atoms with Gasteiger partial charge in [0.2, 0.25) is 0 Å². The summed E-state index contributed by atoms with van der Waals surface area (Å²) in [7, 11) is 0. The van der Waals surface area contributed by atoms with Crippen molar-refractivity contribution in [2.24, 2.45) is 5.73 Å². The van der Waals surface area contributed by atoms with Crippen molar-refractivity contribution in [2.45, 2.75) is 6.04 Å². The Bertz CT molecular complexity index is 755. The third-order valence-corrected chi connectivity index (χ3v) is 4.54. The van der Waals surface area contributed by atoms with Crippen LogP contribution in [0.4, 0.5) is 0 Å². The third kappa shape index (κ3) is 2.88. The Kier molecular flexibility index (Phi) is 4.10. The fourth-order valence-electron chi connectivity index (χ4n) is 2.22. The van der Waals surface area contributed by atoms with E-state index in [4.69, 9.17) is 17.3 Å². The molecule has 1 aromatic heterocycles. The summed E-state index contributed by atoms with van der Waals surface area (Å²) in [5, 5.41) is 0.674. The molecule has 1 heterocycles. The number of hydrogen-bond donors (Lipinski definition) is 1. The molecule has 0 aliphatic heterocycles. The van der Waals surface area contributed by atoms with Gasteiger partial charge in [0.15, 0.2) is 0 Å². The molecule has 0 spiro atoms. The largest absolute Gasteiger partial charge is 0.319 e. The van der Waals surface area contributed by atoms with Crippen molar-refractivity contribution in [3.05, 3.63) is 81.8 Å². The molecule has 3 rings (SSSR count). The van der Waals surface area contributed by atoms with Crippen LogP contribution >= 0.6 is 27.5 Å². The maximum absolute atomic E-state index is 6.37. The van der Waals surface area contributed by atoms with Gasteiger partial charge in [-0.25, -0.2) is 4.98 Å². The first-order valence-corrected chi connectivity index (χ1v) is 7.62. The van der Waals surface area contributed by atoms with Gasteiger partial charge in [0, 0.05) is 10.2 Å². The lowest BCUT2D eigenvalue weighted by molar-refractivity contribution is 0.793. The van der Waals surface area contributed by atoms with E-state index in [0.717, 1.165) is 21.4 Å². The summed E-state index contributed by atoms with van der Waals surface area (Å²) in [6.45, 7) is 0. The fraction of sp³-hybridized carbons (Fsp3) is 0.0625. The minimum atomic E-state index is -0.233. The SMILES string of the molecule is NC(c1ccccc1)c1cncn1-c1ccc(Cl)c(Br)c1. The monoisotopic (exact) mass is 361 g/mol. The van der Waals surface area contributed by atoms with E-state index in [0.29, 0.717) is 5.02 Å². The van der Waals surface area contributed by atoms with E-state index in [1.54, 1.807) is 12.5 Å². The second-order valence-corrected chi connectivity index (χ2v) is 5.94. The Balaban J connectivity index is 2.03. The van der Waals surface area contributed by atoms with Crippen molar-refractivity contribution >= 4 is 27.5 Å². The average Bonchev–Trinajstić information content (AvgIpc) is 2.99. The zero-order valence-corrected chi connectivity index (χ0v) is 13.4. The zero-order valence-electron chi connectivity index (χ0n) is 11.1. The molecule has 5 heteroatoms. The van der Waals surface area contributed by atoms with Crippen LogP contribution in [0.3, 0.4) is 0 Å². The van der Waals surface area contributed by atoms with Crippen molar-refractivity contribution in [1.29, 1.82) is 0 Å². The van der Waals surface area contributed by atoms with Crippen LogP contribution in [0.2, 0.25) is 5.02 Å². The standard InChI is InChI=1S/C16H13BrClN3/c17-13-8-12(6-7-14(13)18)21-10-20-9-15(21)16(19)11-4-2-1-3-5-11/h1-10,16H,19H2. The highest BCUT2D eigenvalue weighted by Gasteiger charge is 2.15. The molecular weight excluding hydrogens is 350 g/mol. The van der Waals surface area contributed by atoms with Gasteiger partial charge in [-0.2, -0.15) is 0 Å². The number of imidazole rings is 1. The van der Waals surface area contributed by atoms with Crippen LogP contribution in [-0.4, -0.2) is 9.55 Å². The number of benzene rings is 2. The van der Waals surface area contributed by atoms with Crippen LogP contribution in [0.5, 0.6) is 0 Å². The second kappa shape index (κ2) is 6.02. The van der Waals surface area contributed by atoms with Gasteiger partial charge >= 0.3 is 0 Å². The first-order chi connectivity index (χ1) is 10.2. The Hall–Kier alpha value is -1.62. The summed E-state index contributed by atoms with van der Waals surface area (Å²) in [6, 6.07) is 15.5. The molecule has 0 radical (unpaired) electrons. The van der Waals surface area contributed by atoms with Crippen LogP contribution in [0.1, 0.15) is 17.3 Å². The Morgan fingerprint density at radius 1 is 1.14 bits per heavy atom. The molecule has 0 fully saturated rings. The number of hydrogen-bond acceptors (Lipinski definition) is 2. The minimum Gasteiger partial charge on any atom is -0.319 e. The van der Waals surface area contributed by atoms with E-state index in [1.165, 1.54) is 0 Å². The molecule has 0 aliphatic rings. The number of halogens is 2. The van der Waals surface area contributed by atoms with Gasteiger partial charge in [-0.1, -0.05) is 41.9 Å². The van der Waals surface area contributed by atoms with Gasteiger partial charge in [-0.15, -0.1) is 0 Å². The molecule has 21 heavy (non-hydrogen) atoms. The second-order valence-electron chi connectivity index (χ2n) is 4.68. The quantitative estimate of drug-likeness (QED) is 0.753. The number of aromatic nitrogens is 2. The first-order valence-electron chi connectivity index (χ1n) is 6.45. The fourth-order valence-corrected chi connectivity index (χ4v) is 2.70. The summed E-state index contributed by atoms with van der Waals surface area (Å²) >= 11 is 9.49. The van der Waals surface area contributed by atoms with Crippen LogP contribution in [-0.2, 0) is 0 Å². The number of nitrogens with two attached hydrogens (primary N) is 1. The molecular formula is C16H13BrClN3. The van der Waals surface area contributed by atoms with E-state index in [2.05, 4.69) is 20.9 Å². The average molecular weight is 363 g/mol. The lowest BCUT2D eigenvalue weighted by atomic mass is 10.1. The Morgan fingerprint density at radius 2 is 1.90 bits per heavy atom. The Labute approximate surface area is 136 Å². The van der Waals surface area contributed by atoms with Gasteiger partial charge in [-0.3, -0.25) is 0 Å². The topological polar surface area (TPSA) is 43.8 Å². The van der Waals surface area contributed by atoms with Crippen LogP contribution < -0.4 is 5.73 Å². The number of nitrogens with zero attached hydrogens (tertiary/aromatic N) is 2. The smallest absolute Gasteiger partial charge is 0.0994 e. The lowest BCUT2D eigenvalue weighted by Gasteiger charge is -2.15. The summed E-state index contributed by atoms with van der Waals surface area (Å²) in [4.78, 5) is 4.23. The summed E-state index contributed by atoms with van der Waals surface area (Å²) < 4.78 is 2.81. The van der Waals surface area contributed by atoms with Crippen LogP contribution in [0, 0.1) is 0 Å². The zero-order chi connectivity index (χ0) is 14.8. The summed E-state index contributed by atoms with van der Waals surface area (Å²) in [6.07, 6.45) is 3.55. The highest BCUT2D eigenvalue weighted by Crippen LogP contribution is 2.27.